The van der Waals surface area contributed by atoms with Crippen LogP contribution in [0.1, 0.15) is 59.3 Å². The third kappa shape index (κ3) is 4.73. The Balaban J connectivity index is 1.04. The number of fused-ring (bicyclic) bond motifs is 2. The lowest BCUT2D eigenvalue weighted by Crippen LogP contribution is -2.70. The Morgan fingerprint density at radius 3 is 2.56 bits per heavy atom. The predicted molar refractivity (Wildman–Crippen MR) is 137 cm³/mol. The Labute approximate surface area is 228 Å². The molecule has 1 saturated carbocycles. The molecule has 6 aliphatic rings. The lowest BCUT2D eigenvalue weighted by molar-refractivity contribution is -0.576. The summed E-state index contributed by atoms with van der Waals surface area (Å²) in [7, 11) is 0. The highest BCUT2D eigenvalue weighted by molar-refractivity contribution is 5.81. The number of ether oxygens (including phenoxy) is 3. The van der Waals surface area contributed by atoms with Gasteiger partial charge in [-0.05, 0) is 50.2 Å². The topological polar surface area (TPSA) is 86.8 Å². The fourth-order valence-corrected chi connectivity index (χ4v) is 7.47. The van der Waals surface area contributed by atoms with E-state index in [-0.39, 0.29) is 42.3 Å². The maximum atomic E-state index is 14.1. The molecule has 5 aliphatic heterocycles. The summed E-state index contributed by atoms with van der Waals surface area (Å²) >= 11 is 0. The van der Waals surface area contributed by atoms with Crippen LogP contribution in [-0.2, 0) is 33.6 Å². The minimum Gasteiger partial charge on any atom is -0.435 e. The van der Waals surface area contributed by atoms with E-state index in [0.29, 0.717) is 44.2 Å². The fourth-order valence-electron chi connectivity index (χ4n) is 7.47. The number of nitrogens with zero attached hydrogens (tertiary/aromatic N) is 2. The molecule has 1 amide bonds. The quantitative estimate of drug-likeness (QED) is 0.405. The Morgan fingerprint density at radius 2 is 1.79 bits per heavy atom. The molecule has 1 aromatic carbocycles. The summed E-state index contributed by atoms with van der Waals surface area (Å²) in [6.45, 7) is 8.19. The van der Waals surface area contributed by atoms with Crippen molar-refractivity contribution in [2.45, 2.75) is 83.3 Å². The first-order valence-electron chi connectivity index (χ1n) is 14.4. The van der Waals surface area contributed by atoms with Gasteiger partial charge in [-0.2, -0.15) is 0 Å². The maximum absolute atomic E-state index is 14.1. The second-order valence-corrected chi connectivity index (χ2v) is 12.1. The zero-order valence-corrected chi connectivity index (χ0v) is 23.0. The smallest absolute Gasteiger partial charge is 0.308 e. The highest BCUT2D eigenvalue weighted by Gasteiger charge is 2.69. The number of anilines is 1. The number of benzene rings is 1. The van der Waals surface area contributed by atoms with E-state index < -0.39 is 29.9 Å². The van der Waals surface area contributed by atoms with E-state index >= 15 is 0 Å². The predicted octanol–water partition coefficient (Wildman–Crippen LogP) is 4.01. The Hall–Kier alpha value is -2.27. The van der Waals surface area contributed by atoms with Crippen molar-refractivity contribution < 1.29 is 38.0 Å². The Morgan fingerprint density at radius 1 is 1.03 bits per heavy atom. The number of esters is 1. The van der Waals surface area contributed by atoms with Crippen LogP contribution >= 0.6 is 0 Å². The number of hydrogen-bond donors (Lipinski definition) is 0. The molecule has 39 heavy (non-hydrogen) atoms. The number of rotatable bonds is 5. The van der Waals surface area contributed by atoms with Gasteiger partial charge >= 0.3 is 5.97 Å². The fraction of sp³-hybridized carbons (Fsp3) is 0.724. The first-order valence-corrected chi connectivity index (χ1v) is 14.4. The zero-order chi connectivity index (χ0) is 27.4. The monoisotopic (exact) mass is 546 g/mol. The van der Waals surface area contributed by atoms with Crippen LogP contribution in [0.5, 0.6) is 0 Å². The van der Waals surface area contributed by atoms with Gasteiger partial charge in [-0.25, -0.2) is 14.2 Å². The van der Waals surface area contributed by atoms with E-state index in [1.165, 1.54) is 6.07 Å². The van der Waals surface area contributed by atoms with Gasteiger partial charge in [0.15, 0.2) is 11.9 Å². The van der Waals surface area contributed by atoms with E-state index in [1.54, 1.807) is 23.1 Å². The van der Waals surface area contributed by atoms with Gasteiger partial charge in [0.2, 0.25) is 18.0 Å². The van der Waals surface area contributed by atoms with Crippen LogP contribution in [0.15, 0.2) is 24.3 Å². The highest BCUT2D eigenvalue weighted by Crippen LogP contribution is 2.60. The molecular formula is C29H39FN2O7. The summed E-state index contributed by atoms with van der Waals surface area (Å²) in [5.74, 6) is -1.10. The molecule has 1 aliphatic carbocycles. The maximum Gasteiger partial charge on any atom is 0.308 e. The first kappa shape index (κ1) is 26.9. The standard InChI is InChI=1S/C29H39FN2O7/c1-18-8-9-21-19(2)26(36-27-29(21)20(18)12-13-28(3,37-27)38-39-29)35-25(34)11-10-24(33)32-16-14-31(15-17-32)23-7-5-4-6-22(23)30/h4-7,18-21,26-27H,8-17H2,1-3H3/t18-,19-,20+,21-,26-,27-,28+,29-/m1/s1. The van der Waals surface area contributed by atoms with Crippen molar-refractivity contribution in [1.29, 1.82) is 0 Å². The van der Waals surface area contributed by atoms with Gasteiger partial charge in [0.1, 0.15) is 5.82 Å². The molecule has 6 fully saturated rings. The molecule has 9 nitrogen and oxygen atoms in total. The molecule has 0 aromatic heterocycles. The van der Waals surface area contributed by atoms with E-state index in [0.717, 1.165) is 19.3 Å². The number of piperazine rings is 1. The van der Waals surface area contributed by atoms with Crippen LogP contribution in [0.25, 0.3) is 0 Å². The molecule has 0 unspecified atom stereocenters. The van der Waals surface area contributed by atoms with Gasteiger partial charge in [-0.1, -0.05) is 26.0 Å². The van der Waals surface area contributed by atoms with Crippen molar-refractivity contribution in [2.24, 2.45) is 23.7 Å². The third-order valence-electron chi connectivity index (χ3n) is 9.71. The van der Waals surface area contributed by atoms with Gasteiger partial charge in [0.25, 0.3) is 0 Å². The number of para-hydroxylation sites is 1. The SMILES string of the molecule is C[C@H]1[C@H](OC(=O)CCC(=O)N2CCN(c3ccccc3F)CC2)O[C@@H]2O[C@]3(C)CC[C@H]4[C@H](C)CC[C@H]1[C@@]24OO3. The molecule has 10 heteroatoms. The van der Waals surface area contributed by atoms with E-state index in [9.17, 15) is 14.0 Å². The largest absolute Gasteiger partial charge is 0.435 e. The molecule has 2 bridgehead atoms. The summed E-state index contributed by atoms with van der Waals surface area (Å²) in [5.41, 5.74) is -0.163. The average molecular weight is 547 g/mol. The molecule has 0 N–H and O–H groups in total. The highest BCUT2D eigenvalue weighted by atomic mass is 19.1. The van der Waals surface area contributed by atoms with Crippen molar-refractivity contribution >= 4 is 17.6 Å². The molecule has 1 spiro atoms. The second-order valence-electron chi connectivity index (χ2n) is 12.1. The molecular weight excluding hydrogens is 507 g/mol. The van der Waals surface area contributed by atoms with E-state index in [4.69, 9.17) is 24.0 Å². The number of hydrogen-bond acceptors (Lipinski definition) is 8. The molecule has 8 atom stereocenters. The van der Waals surface area contributed by atoms with Crippen LogP contribution in [0.3, 0.4) is 0 Å². The third-order valence-corrected chi connectivity index (χ3v) is 9.71. The van der Waals surface area contributed by atoms with Crippen molar-refractivity contribution in [1.82, 2.24) is 4.90 Å². The zero-order valence-electron chi connectivity index (χ0n) is 23.0. The van der Waals surface area contributed by atoms with Crippen molar-refractivity contribution in [3.8, 4) is 0 Å². The van der Waals surface area contributed by atoms with Crippen molar-refractivity contribution in [3.63, 3.8) is 0 Å². The van der Waals surface area contributed by atoms with Crippen LogP contribution in [0, 0.1) is 29.5 Å². The van der Waals surface area contributed by atoms with E-state index in [1.807, 2.05) is 18.7 Å². The summed E-state index contributed by atoms with van der Waals surface area (Å²) in [4.78, 5) is 41.3. The summed E-state index contributed by atoms with van der Waals surface area (Å²) < 4.78 is 32.6. The van der Waals surface area contributed by atoms with Crippen molar-refractivity contribution in [3.05, 3.63) is 30.1 Å². The number of halogens is 1. The van der Waals surface area contributed by atoms with Gasteiger partial charge in [0.05, 0.1) is 12.1 Å². The van der Waals surface area contributed by atoms with Crippen LogP contribution in [0.2, 0.25) is 0 Å². The summed E-state index contributed by atoms with van der Waals surface area (Å²) in [6, 6.07) is 6.66. The van der Waals surface area contributed by atoms with Gasteiger partial charge in [-0.15, -0.1) is 0 Å². The normalized spacial score (nSPS) is 39.6. The number of carbonyl (C=O) groups excluding carboxylic acids is 2. The lowest BCUT2D eigenvalue weighted by atomic mass is 9.58. The van der Waals surface area contributed by atoms with Gasteiger partial charge < -0.3 is 24.0 Å². The molecule has 214 valence electrons. The second kappa shape index (κ2) is 10.3. The van der Waals surface area contributed by atoms with Crippen LogP contribution in [-0.4, -0.2) is 66.9 Å². The van der Waals surface area contributed by atoms with Crippen LogP contribution < -0.4 is 4.90 Å². The molecule has 7 rings (SSSR count). The molecule has 5 heterocycles. The summed E-state index contributed by atoms with van der Waals surface area (Å²) in [5, 5.41) is 0. The Kier molecular flexibility index (Phi) is 7.10. The number of carbonyl (C=O) groups is 2. The Bertz CT molecular complexity index is 1100. The molecule has 1 aromatic rings. The number of amides is 1. The molecule has 5 saturated heterocycles. The van der Waals surface area contributed by atoms with Crippen LogP contribution in [0.4, 0.5) is 10.1 Å². The molecule has 0 radical (unpaired) electrons. The van der Waals surface area contributed by atoms with Crippen molar-refractivity contribution in [2.75, 3.05) is 31.1 Å². The minimum absolute atomic E-state index is 0.0305. The minimum atomic E-state index is -0.893. The summed E-state index contributed by atoms with van der Waals surface area (Å²) in [6.07, 6.45) is 2.18. The first-order chi connectivity index (χ1) is 18.7. The lowest BCUT2D eigenvalue weighted by Gasteiger charge is -2.59. The van der Waals surface area contributed by atoms with E-state index in [2.05, 4.69) is 6.92 Å². The average Bonchev–Trinajstić information content (AvgIpc) is 3.16. The van der Waals surface area contributed by atoms with Gasteiger partial charge in [0, 0.05) is 50.9 Å². The van der Waals surface area contributed by atoms with Gasteiger partial charge in [-0.3, -0.25) is 9.59 Å².